The smallest absolute Gasteiger partial charge is 0.261 e. The second-order valence-corrected chi connectivity index (χ2v) is 7.22. The van der Waals surface area contributed by atoms with Crippen LogP contribution < -0.4 is 4.72 Å². The maximum absolute atomic E-state index is 12.3. The van der Waals surface area contributed by atoms with E-state index in [4.69, 9.17) is 11.6 Å². The van der Waals surface area contributed by atoms with E-state index in [-0.39, 0.29) is 15.7 Å². The predicted octanol–water partition coefficient (Wildman–Crippen LogP) is 3.97. The number of halogens is 1. The van der Waals surface area contributed by atoms with E-state index in [0.29, 0.717) is 5.92 Å². The number of sulfonamides is 1. The van der Waals surface area contributed by atoms with E-state index in [1.165, 1.54) is 0 Å². The van der Waals surface area contributed by atoms with Crippen molar-refractivity contribution in [3.63, 3.8) is 0 Å². The summed E-state index contributed by atoms with van der Waals surface area (Å²) in [5.74, 6) is 0.352. The Morgan fingerprint density at radius 3 is 2.38 bits per heavy atom. The normalized spacial score (nSPS) is 11.7. The molecular formula is C15H17ClN2O2S. The molecule has 21 heavy (non-hydrogen) atoms. The molecule has 1 heterocycles. The first kappa shape index (κ1) is 15.8. The maximum Gasteiger partial charge on any atom is 0.261 e. The van der Waals surface area contributed by atoms with E-state index in [1.807, 2.05) is 19.1 Å². The minimum Gasteiger partial charge on any atom is -0.276 e. The summed E-state index contributed by atoms with van der Waals surface area (Å²) in [7, 11) is -3.67. The number of nitrogens with zero attached hydrogens (tertiary/aromatic N) is 1. The third kappa shape index (κ3) is 3.74. The van der Waals surface area contributed by atoms with Crippen LogP contribution in [0.25, 0.3) is 0 Å². The van der Waals surface area contributed by atoms with E-state index in [0.717, 1.165) is 11.1 Å². The summed E-state index contributed by atoms with van der Waals surface area (Å²) in [5.41, 5.74) is 2.20. The summed E-state index contributed by atoms with van der Waals surface area (Å²) in [4.78, 5) is 4.13. The van der Waals surface area contributed by atoms with Gasteiger partial charge >= 0.3 is 0 Å². The summed E-state index contributed by atoms with van der Waals surface area (Å²) < 4.78 is 27.2. The molecule has 0 aliphatic carbocycles. The first-order valence-corrected chi connectivity index (χ1v) is 8.40. The Kier molecular flexibility index (Phi) is 4.54. The van der Waals surface area contributed by atoms with Gasteiger partial charge in [-0.05, 0) is 42.2 Å². The average Bonchev–Trinajstić information content (AvgIpc) is 2.43. The number of hydrogen-bond acceptors (Lipinski definition) is 3. The first-order valence-electron chi connectivity index (χ1n) is 6.54. The van der Waals surface area contributed by atoms with Crippen molar-refractivity contribution in [3.8, 4) is 0 Å². The molecule has 0 fully saturated rings. The summed E-state index contributed by atoms with van der Waals surface area (Å²) >= 11 is 5.92. The number of rotatable bonds is 4. The summed E-state index contributed by atoms with van der Waals surface area (Å²) in [6.45, 7) is 5.93. The van der Waals surface area contributed by atoms with Crippen LogP contribution in [0.2, 0.25) is 5.15 Å². The molecule has 112 valence electrons. The summed E-state index contributed by atoms with van der Waals surface area (Å²) in [5, 5.41) is 0.128. The van der Waals surface area contributed by atoms with Crippen molar-refractivity contribution in [2.24, 2.45) is 0 Å². The van der Waals surface area contributed by atoms with Gasteiger partial charge in [0.15, 0.2) is 5.15 Å². The molecule has 0 aliphatic rings. The van der Waals surface area contributed by atoms with Crippen molar-refractivity contribution in [1.29, 1.82) is 0 Å². The third-order valence-electron chi connectivity index (χ3n) is 3.08. The van der Waals surface area contributed by atoms with E-state index < -0.39 is 10.0 Å². The number of aryl methyl sites for hydroxylation is 1. The minimum atomic E-state index is -3.67. The third-order valence-corrected chi connectivity index (χ3v) is 4.76. The highest BCUT2D eigenvalue weighted by atomic mass is 35.5. The van der Waals surface area contributed by atoms with Crippen molar-refractivity contribution in [2.75, 3.05) is 4.72 Å². The highest BCUT2D eigenvalue weighted by Crippen LogP contribution is 2.24. The van der Waals surface area contributed by atoms with E-state index in [9.17, 15) is 8.42 Å². The van der Waals surface area contributed by atoms with E-state index in [1.54, 1.807) is 24.4 Å². The zero-order valence-corrected chi connectivity index (χ0v) is 13.7. The SMILES string of the molecule is Cc1cnc(Cl)c(NS(=O)(=O)c2ccc(C(C)C)cc2)c1. The van der Waals surface area contributed by atoms with Crippen LogP contribution >= 0.6 is 11.6 Å². The number of anilines is 1. The van der Waals surface area contributed by atoms with Crippen molar-refractivity contribution < 1.29 is 8.42 Å². The fourth-order valence-electron chi connectivity index (χ4n) is 1.86. The number of nitrogens with one attached hydrogen (secondary N) is 1. The van der Waals surface area contributed by atoms with Gasteiger partial charge in [0.1, 0.15) is 0 Å². The number of pyridine rings is 1. The molecule has 0 radical (unpaired) electrons. The molecule has 0 saturated heterocycles. The molecule has 1 aromatic heterocycles. The van der Waals surface area contributed by atoms with Crippen LogP contribution in [0.4, 0.5) is 5.69 Å². The quantitative estimate of drug-likeness (QED) is 0.866. The number of benzene rings is 1. The van der Waals surface area contributed by atoms with Crippen LogP contribution in [0.15, 0.2) is 41.4 Å². The second-order valence-electron chi connectivity index (χ2n) is 5.18. The predicted molar refractivity (Wildman–Crippen MR) is 85.3 cm³/mol. The Hall–Kier alpha value is -1.59. The second kappa shape index (κ2) is 6.03. The molecule has 6 heteroatoms. The lowest BCUT2D eigenvalue weighted by atomic mass is 10.0. The Labute approximate surface area is 130 Å². The molecule has 0 aliphatic heterocycles. The molecule has 2 rings (SSSR count). The highest BCUT2D eigenvalue weighted by Gasteiger charge is 2.16. The van der Waals surface area contributed by atoms with E-state index >= 15 is 0 Å². The van der Waals surface area contributed by atoms with Gasteiger partial charge in [-0.2, -0.15) is 0 Å². The molecule has 0 unspecified atom stereocenters. The van der Waals surface area contributed by atoms with Gasteiger partial charge in [0.25, 0.3) is 10.0 Å². The van der Waals surface area contributed by atoms with Gasteiger partial charge < -0.3 is 0 Å². The Balaban J connectivity index is 2.31. The lowest BCUT2D eigenvalue weighted by Crippen LogP contribution is -2.13. The molecule has 0 amide bonds. The molecule has 0 spiro atoms. The minimum absolute atomic E-state index is 0.128. The zero-order chi connectivity index (χ0) is 15.6. The number of aromatic nitrogens is 1. The Morgan fingerprint density at radius 1 is 1.19 bits per heavy atom. The van der Waals surface area contributed by atoms with E-state index in [2.05, 4.69) is 23.6 Å². The van der Waals surface area contributed by atoms with Crippen molar-refractivity contribution in [1.82, 2.24) is 4.98 Å². The number of hydrogen-bond donors (Lipinski definition) is 1. The van der Waals surface area contributed by atoms with Gasteiger partial charge in [0, 0.05) is 6.20 Å². The monoisotopic (exact) mass is 324 g/mol. The molecule has 4 nitrogen and oxygen atoms in total. The highest BCUT2D eigenvalue weighted by molar-refractivity contribution is 7.92. The van der Waals surface area contributed by atoms with Crippen LogP contribution in [0, 0.1) is 6.92 Å². The van der Waals surface area contributed by atoms with Crippen LogP contribution in [0.5, 0.6) is 0 Å². The molecule has 0 bridgehead atoms. The molecular weight excluding hydrogens is 308 g/mol. The fourth-order valence-corrected chi connectivity index (χ4v) is 3.12. The molecule has 0 saturated carbocycles. The van der Waals surface area contributed by atoms with Crippen LogP contribution in [-0.2, 0) is 10.0 Å². The van der Waals surface area contributed by atoms with Crippen molar-refractivity contribution in [3.05, 3.63) is 52.8 Å². The summed E-state index contributed by atoms with van der Waals surface area (Å²) in [6.07, 6.45) is 1.58. The topological polar surface area (TPSA) is 59.1 Å². The maximum atomic E-state index is 12.3. The average molecular weight is 325 g/mol. The largest absolute Gasteiger partial charge is 0.276 e. The first-order chi connectivity index (χ1) is 9.79. The van der Waals surface area contributed by atoms with Gasteiger partial charge in [0.05, 0.1) is 10.6 Å². The molecule has 2 aromatic rings. The fraction of sp³-hybridized carbons (Fsp3) is 0.267. The molecule has 1 aromatic carbocycles. The standard InChI is InChI=1S/C15H17ClN2O2S/c1-10(2)12-4-6-13(7-5-12)21(19,20)18-14-8-11(3)9-17-15(14)16/h4-10,18H,1-3H3. The lowest BCUT2D eigenvalue weighted by molar-refractivity contribution is 0.601. The lowest BCUT2D eigenvalue weighted by Gasteiger charge is -2.11. The Morgan fingerprint density at radius 2 is 1.81 bits per heavy atom. The van der Waals surface area contributed by atoms with Gasteiger partial charge in [-0.1, -0.05) is 37.6 Å². The van der Waals surface area contributed by atoms with Crippen molar-refractivity contribution >= 4 is 27.3 Å². The zero-order valence-electron chi connectivity index (χ0n) is 12.1. The molecule has 0 atom stereocenters. The summed E-state index contributed by atoms with van der Waals surface area (Å²) in [6, 6.07) is 8.46. The van der Waals surface area contributed by atoms with Gasteiger partial charge in [-0.15, -0.1) is 0 Å². The van der Waals surface area contributed by atoms with Crippen LogP contribution in [-0.4, -0.2) is 13.4 Å². The Bertz CT molecular complexity index is 741. The van der Waals surface area contributed by atoms with Gasteiger partial charge in [0.2, 0.25) is 0 Å². The van der Waals surface area contributed by atoms with Gasteiger partial charge in [-0.25, -0.2) is 13.4 Å². The van der Waals surface area contributed by atoms with Crippen molar-refractivity contribution in [2.45, 2.75) is 31.6 Å². The van der Waals surface area contributed by atoms with Crippen LogP contribution in [0.1, 0.15) is 30.9 Å². The molecule has 1 N–H and O–H groups in total. The van der Waals surface area contributed by atoms with Gasteiger partial charge in [-0.3, -0.25) is 4.72 Å². The van der Waals surface area contributed by atoms with Crippen LogP contribution in [0.3, 0.4) is 0 Å².